The third-order valence-electron chi connectivity index (χ3n) is 3.42. The van der Waals surface area contributed by atoms with Crippen molar-refractivity contribution in [2.24, 2.45) is 0 Å². The molecule has 0 radical (unpaired) electrons. The number of hydrogen-bond acceptors (Lipinski definition) is 2. The normalized spacial score (nSPS) is 16.1. The molecule has 2 N–H and O–H groups in total. The van der Waals surface area contributed by atoms with Crippen LogP contribution in [0.15, 0.2) is 42.5 Å². The van der Waals surface area contributed by atoms with E-state index in [0.29, 0.717) is 0 Å². The van der Waals surface area contributed by atoms with Gasteiger partial charge in [-0.05, 0) is 34.4 Å². The Morgan fingerprint density at radius 2 is 1.78 bits per heavy atom. The van der Waals surface area contributed by atoms with Gasteiger partial charge in [-0.2, -0.15) is 0 Å². The van der Waals surface area contributed by atoms with Gasteiger partial charge in [0.2, 0.25) is 0 Å². The van der Waals surface area contributed by atoms with Crippen LogP contribution in [-0.2, 0) is 4.79 Å². The molecule has 0 heterocycles. The van der Waals surface area contributed by atoms with Crippen LogP contribution in [0.2, 0.25) is 0 Å². The van der Waals surface area contributed by atoms with Crippen molar-refractivity contribution in [2.75, 3.05) is 0 Å². The van der Waals surface area contributed by atoms with Gasteiger partial charge in [0, 0.05) is 5.92 Å². The summed E-state index contributed by atoms with van der Waals surface area (Å²) in [5.41, 5.74) is 4.02. The van der Waals surface area contributed by atoms with Crippen molar-refractivity contribution in [3.05, 3.63) is 53.6 Å². The summed E-state index contributed by atoms with van der Waals surface area (Å²) in [4.78, 5) is 11.0. The molecule has 90 valence electrons. The molecular formula is C15H12O3. The smallest absolute Gasteiger partial charge is 0.304 e. The second-order valence-corrected chi connectivity index (χ2v) is 4.51. The van der Waals surface area contributed by atoms with Gasteiger partial charge in [0.25, 0.3) is 0 Å². The molecule has 1 atom stereocenters. The maximum atomic E-state index is 11.0. The van der Waals surface area contributed by atoms with Crippen LogP contribution in [0, 0.1) is 0 Å². The number of phenols is 1. The van der Waals surface area contributed by atoms with E-state index in [1.165, 1.54) is 0 Å². The summed E-state index contributed by atoms with van der Waals surface area (Å²) >= 11 is 0. The molecule has 3 rings (SSSR count). The first-order valence-electron chi connectivity index (χ1n) is 5.81. The van der Waals surface area contributed by atoms with Crippen LogP contribution in [0.25, 0.3) is 11.1 Å². The van der Waals surface area contributed by atoms with Crippen LogP contribution < -0.4 is 0 Å². The number of fused-ring (bicyclic) bond motifs is 3. The van der Waals surface area contributed by atoms with Crippen molar-refractivity contribution < 1.29 is 15.0 Å². The molecule has 3 heteroatoms. The summed E-state index contributed by atoms with van der Waals surface area (Å²) in [5, 5.41) is 18.6. The van der Waals surface area contributed by atoms with E-state index in [0.717, 1.165) is 22.3 Å². The second kappa shape index (κ2) is 3.88. The number of carboxylic acids is 1. The van der Waals surface area contributed by atoms with Crippen molar-refractivity contribution in [3.8, 4) is 16.9 Å². The van der Waals surface area contributed by atoms with Gasteiger partial charge in [-0.25, -0.2) is 0 Å². The summed E-state index contributed by atoms with van der Waals surface area (Å²) in [6.45, 7) is 0. The number of benzene rings is 2. The molecule has 2 aromatic carbocycles. The fourth-order valence-electron chi connectivity index (χ4n) is 2.69. The number of phenolic OH excluding ortho intramolecular Hbond substituents is 1. The lowest BCUT2D eigenvalue weighted by Gasteiger charge is -2.10. The summed E-state index contributed by atoms with van der Waals surface area (Å²) in [6, 6.07) is 13.0. The average molecular weight is 240 g/mol. The van der Waals surface area contributed by atoms with Crippen LogP contribution in [0.1, 0.15) is 23.5 Å². The minimum atomic E-state index is -0.828. The Labute approximate surface area is 104 Å². The van der Waals surface area contributed by atoms with Gasteiger partial charge >= 0.3 is 5.97 Å². The van der Waals surface area contributed by atoms with E-state index in [2.05, 4.69) is 0 Å². The fourth-order valence-corrected chi connectivity index (χ4v) is 2.69. The van der Waals surface area contributed by atoms with Crippen molar-refractivity contribution in [1.29, 1.82) is 0 Å². The quantitative estimate of drug-likeness (QED) is 0.848. The maximum Gasteiger partial charge on any atom is 0.304 e. The van der Waals surface area contributed by atoms with Gasteiger partial charge in [0.05, 0.1) is 6.42 Å². The van der Waals surface area contributed by atoms with Gasteiger partial charge in [-0.1, -0.05) is 30.3 Å². The van der Waals surface area contributed by atoms with Crippen LogP contribution >= 0.6 is 0 Å². The molecule has 1 aliphatic rings. The zero-order chi connectivity index (χ0) is 12.7. The van der Waals surface area contributed by atoms with E-state index in [1.807, 2.05) is 30.3 Å². The Hall–Kier alpha value is -2.29. The second-order valence-electron chi connectivity index (χ2n) is 4.51. The Morgan fingerprint density at radius 3 is 2.56 bits per heavy atom. The molecule has 0 aromatic heterocycles. The first-order chi connectivity index (χ1) is 8.66. The lowest BCUT2D eigenvalue weighted by atomic mass is 9.93. The van der Waals surface area contributed by atoms with Crippen molar-refractivity contribution >= 4 is 5.97 Å². The molecular weight excluding hydrogens is 228 g/mol. The SMILES string of the molecule is O=C(O)CC1c2ccccc2-c2ccc(O)cc21. The minimum Gasteiger partial charge on any atom is -0.508 e. The first kappa shape index (κ1) is 10.8. The summed E-state index contributed by atoms with van der Waals surface area (Å²) in [6.07, 6.45) is 0.0491. The number of rotatable bonds is 2. The number of aromatic hydroxyl groups is 1. The molecule has 0 saturated heterocycles. The zero-order valence-electron chi connectivity index (χ0n) is 9.63. The van der Waals surface area contributed by atoms with Crippen LogP contribution in [0.4, 0.5) is 0 Å². The van der Waals surface area contributed by atoms with E-state index >= 15 is 0 Å². The monoisotopic (exact) mass is 240 g/mol. The van der Waals surface area contributed by atoms with Crippen molar-refractivity contribution in [2.45, 2.75) is 12.3 Å². The van der Waals surface area contributed by atoms with E-state index in [9.17, 15) is 9.90 Å². The highest BCUT2D eigenvalue weighted by Gasteiger charge is 2.30. The maximum absolute atomic E-state index is 11.0. The van der Waals surface area contributed by atoms with E-state index in [1.54, 1.807) is 12.1 Å². The van der Waals surface area contributed by atoms with Crippen LogP contribution in [0.3, 0.4) is 0 Å². The lowest BCUT2D eigenvalue weighted by Crippen LogP contribution is -2.04. The first-order valence-corrected chi connectivity index (χ1v) is 5.81. The van der Waals surface area contributed by atoms with Crippen molar-refractivity contribution in [3.63, 3.8) is 0 Å². The molecule has 2 aromatic rings. The predicted molar refractivity (Wildman–Crippen MR) is 67.6 cm³/mol. The van der Waals surface area contributed by atoms with E-state index in [-0.39, 0.29) is 18.1 Å². The topological polar surface area (TPSA) is 57.5 Å². The van der Waals surface area contributed by atoms with Crippen LogP contribution in [0.5, 0.6) is 5.75 Å². The Balaban J connectivity index is 2.21. The molecule has 0 saturated carbocycles. The zero-order valence-corrected chi connectivity index (χ0v) is 9.63. The van der Waals surface area contributed by atoms with Crippen LogP contribution in [-0.4, -0.2) is 16.2 Å². The molecule has 0 aliphatic heterocycles. The van der Waals surface area contributed by atoms with E-state index < -0.39 is 5.97 Å². The Bertz CT molecular complexity index is 631. The number of aliphatic carboxylic acids is 1. The van der Waals surface area contributed by atoms with Gasteiger partial charge in [-0.3, -0.25) is 4.79 Å². The third kappa shape index (κ3) is 1.56. The lowest BCUT2D eigenvalue weighted by molar-refractivity contribution is -0.137. The van der Waals surface area contributed by atoms with Gasteiger partial charge in [0.15, 0.2) is 0 Å². The standard InChI is InChI=1S/C15H12O3/c16-9-5-6-12-10-3-1-2-4-11(10)14(8-15(17)18)13(12)7-9/h1-7,14,16H,8H2,(H,17,18). The number of carboxylic acid groups (broad SMARTS) is 1. The molecule has 1 aliphatic carbocycles. The minimum absolute atomic E-state index is 0.0491. The molecule has 0 bridgehead atoms. The highest BCUT2D eigenvalue weighted by atomic mass is 16.4. The largest absolute Gasteiger partial charge is 0.508 e. The van der Waals surface area contributed by atoms with E-state index in [4.69, 9.17) is 5.11 Å². The molecule has 3 nitrogen and oxygen atoms in total. The van der Waals surface area contributed by atoms with Gasteiger partial charge in [-0.15, -0.1) is 0 Å². The summed E-state index contributed by atoms with van der Waals surface area (Å²) in [5.74, 6) is -0.816. The average Bonchev–Trinajstić information content (AvgIpc) is 2.63. The highest BCUT2D eigenvalue weighted by molar-refractivity contribution is 5.82. The molecule has 0 spiro atoms. The highest BCUT2D eigenvalue weighted by Crippen LogP contribution is 2.47. The Morgan fingerprint density at radius 1 is 1.06 bits per heavy atom. The Kier molecular flexibility index (Phi) is 2.33. The molecule has 0 amide bonds. The molecule has 1 unspecified atom stereocenters. The summed E-state index contributed by atoms with van der Waals surface area (Å²) in [7, 11) is 0. The van der Waals surface area contributed by atoms with Gasteiger partial charge < -0.3 is 10.2 Å². The third-order valence-corrected chi connectivity index (χ3v) is 3.42. The molecule has 0 fully saturated rings. The van der Waals surface area contributed by atoms with Gasteiger partial charge in [0.1, 0.15) is 5.75 Å². The summed E-state index contributed by atoms with van der Waals surface area (Å²) < 4.78 is 0. The number of carbonyl (C=O) groups is 1. The molecule has 18 heavy (non-hydrogen) atoms. The predicted octanol–water partition coefficient (Wildman–Crippen LogP) is 2.98. The number of hydrogen-bond donors (Lipinski definition) is 2. The fraction of sp³-hybridized carbons (Fsp3) is 0.133. The van der Waals surface area contributed by atoms with Crippen molar-refractivity contribution in [1.82, 2.24) is 0 Å².